The molecule has 0 aromatic carbocycles. The van der Waals surface area contributed by atoms with Crippen molar-refractivity contribution in [2.75, 3.05) is 45.5 Å². The zero-order chi connectivity index (χ0) is 13.8. The van der Waals surface area contributed by atoms with Crippen molar-refractivity contribution >= 4 is 15.9 Å². The van der Waals surface area contributed by atoms with Crippen LogP contribution in [0, 0.1) is 5.92 Å². The molecule has 6 nitrogen and oxygen atoms in total. The highest BCUT2D eigenvalue weighted by atomic mass is 32.2. The number of carbonyl (C=O) groups is 1. The minimum atomic E-state index is -3.13. The number of nitrogens with zero attached hydrogens (tertiary/aromatic N) is 2. The van der Waals surface area contributed by atoms with Gasteiger partial charge in [0.25, 0.3) is 0 Å². The lowest BCUT2D eigenvalue weighted by Gasteiger charge is -2.36. The van der Waals surface area contributed by atoms with Crippen molar-refractivity contribution in [1.82, 2.24) is 14.5 Å². The summed E-state index contributed by atoms with van der Waals surface area (Å²) in [5, 5.41) is 2.85. The van der Waals surface area contributed by atoms with E-state index >= 15 is 0 Å². The molecule has 1 heterocycles. The van der Waals surface area contributed by atoms with Gasteiger partial charge in [-0.3, -0.25) is 4.79 Å². The highest BCUT2D eigenvalue weighted by Gasteiger charge is 2.37. The van der Waals surface area contributed by atoms with Gasteiger partial charge in [0.15, 0.2) is 0 Å². The van der Waals surface area contributed by atoms with E-state index in [0.717, 1.165) is 19.6 Å². The molecule has 1 rings (SSSR count). The summed E-state index contributed by atoms with van der Waals surface area (Å²) in [6.45, 7) is 8.20. The molecule has 1 N–H and O–H groups in total. The molecule has 1 aliphatic heterocycles. The number of rotatable bonds is 7. The van der Waals surface area contributed by atoms with Crippen molar-refractivity contribution in [3.8, 4) is 0 Å². The van der Waals surface area contributed by atoms with Crippen LogP contribution >= 0.6 is 0 Å². The fourth-order valence-electron chi connectivity index (χ4n) is 1.90. The third-order valence-corrected chi connectivity index (χ3v) is 4.55. The second kappa shape index (κ2) is 6.49. The van der Waals surface area contributed by atoms with Gasteiger partial charge in [0.05, 0.1) is 12.2 Å². The zero-order valence-electron chi connectivity index (χ0n) is 11.3. The zero-order valence-corrected chi connectivity index (χ0v) is 12.2. The first-order valence-corrected chi connectivity index (χ1v) is 8.18. The Morgan fingerprint density at radius 2 is 1.89 bits per heavy atom. The first kappa shape index (κ1) is 15.4. The van der Waals surface area contributed by atoms with Crippen LogP contribution in [0.15, 0.2) is 0 Å². The van der Waals surface area contributed by atoms with Crippen molar-refractivity contribution in [2.24, 2.45) is 5.92 Å². The van der Waals surface area contributed by atoms with E-state index in [0.29, 0.717) is 19.6 Å². The van der Waals surface area contributed by atoms with Crippen LogP contribution in [-0.2, 0) is 14.8 Å². The first-order valence-electron chi connectivity index (χ1n) is 6.33. The van der Waals surface area contributed by atoms with E-state index in [4.69, 9.17) is 0 Å². The minimum Gasteiger partial charge on any atom is -0.354 e. The first-order chi connectivity index (χ1) is 8.38. The Bertz CT molecular complexity index is 373. The van der Waals surface area contributed by atoms with Crippen molar-refractivity contribution in [3.05, 3.63) is 0 Å². The van der Waals surface area contributed by atoms with Crippen molar-refractivity contribution < 1.29 is 13.2 Å². The van der Waals surface area contributed by atoms with E-state index < -0.39 is 10.0 Å². The van der Waals surface area contributed by atoms with Crippen molar-refractivity contribution in [2.45, 2.75) is 13.8 Å². The molecule has 1 amide bonds. The SMILES string of the molecule is CCN(CC)CCNC(=O)C1CN(S(C)(=O)=O)C1. The fourth-order valence-corrected chi connectivity index (χ4v) is 2.80. The van der Waals surface area contributed by atoms with E-state index in [9.17, 15) is 13.2 Å². The van der Waals surface area contributed by atoms with Gasteiger partial charge in [-0.25, -0.2) is 12.7 Å². The second-order valence-electron chi connectivity index (χ2n) is 4.59. The maximum atomic E-state index is 11.7. The molecule has 1 aliphatic rings. The molecule has 0 saturated carbocycles. The van der Waals surface area contributed by atoms with Crippen LogP contribution in [0.1, 0.15) is 13.8 Å². The molecule has 7 heteroatoms. The summed E-state index contributed by atoms with van der Waals surface area (Å²) >= 11 is 0. The van der Waals surface area contributed by atoms with Gasteiger partial charge in [0, 0.05) is 26.2 Å². The summed E-state index contributed by atoms with van der Waals surface area (Å²) in [5.74, 6) is -0.224. The molecule has 0 bridgehead atoms. The quantitative estimate of drug-likeness (QED) is 0.670. The van der Waals surface area contributed by atoms with Gasteiger partial charge in [-0.15, -0.1) is 0 Å². The summed E-state index contributed by atoms with van der Waals surface area (Å²) in [6.07, 6.45) is 1.17. The molecular weight excluding hydrogens is 254 g/mol. The van der Waals surface area contributed by atoms with Crippen molar-refractivity contribution in [3.63, 3.8) is 0 Å². The molecule has 1 fully saturated rings. The summed E-state index contributed by atoms with van der Waals surface area (Å²) in [7, 11) is -3.13. The monoisotopic (exact) mass is 277 g/mol. The average Bonchev–Trinajstić information content (AvgIpc) is 2.20. The van der Waals surface area contributed by atoms with Gasteiger partial charge >= 0.3 is 0 Å². The van der Waals surface area contributed by atoms with Crippen LogP contribution in [0.4, 0.5) is 0 Å². The Labute approximate surface area is 109 Å². The van der Waals surface area contributed by atoms with Crippen LogP contribution in [0.2, 0.25) is 0 Å². The molecule has 0 aromatic rings. The Balaban J connectivity index is 2.20. The van der Waals surface area contributed by atoms with Crippen LogP contribution in [0.5, 0.6) is 0 Å². The number of carbonyl (C=O) groups excluding carboxylic acids is 1. The molecule has 0 unspecified atom stereocenters. The maximum Gasteiger partial charge on any atom is 0.225 e. The van der Waals surface area contributed by atoms with Gasteiger partial charge in [0.2, 0.25) is 15.9 Å². The summed E-state index contributed by atoms with van der Waals surface area (Å²) in [6, 6.07) is 0. The Morgan fingerprint density at radius 3 is 2.33 bits per heavy atom. The molecule has 106 valence electrons. The number of hydrogen-bond donors (Lipinski definition) is 1. The molecule has 0 aliphatic carbocycles. The predicted molar refractivity (Wildman–Crippen MR) is 70.7 cm³/mol. The normalized spacial score (nSPS) is 17.8. The minimum absolute atomic E-state index is 0.0398. The number of hydrogen-bond acceptors (Lipinski definition) is 4. The lowest BCUT2D eigenvalue weighted by molar-refractivity contribution is -0.128. The fraction of sp³-hybridized carbons (Fsp3) is 0.909. The average molecular weight is 277 g/mol. The molecule has 0 radical (unpaired) electrons. The van der Waals surface area contributed by atoms with Gasteiger partial charge < -0.3 is 10.2 Å². The van der Waals surface area contributed by atoms with Crippen LogP contribution in [0.3, 0.4) is 0 Å². The van der Waals surface area contributed by atoms with Gasteiger partial charge in [-0.2, -0.15) is 0 Å². The summed E-state index contributed by atoms with van der Waals surface area (Å²) < 4.78 is 23.6. The predicted octanol–water partition coefficient (Wildman–Crippen LogP) is -0.664. The van der Waals surface area contributed by atoms with Gasteiger partial charge in [-0.05, 0) is 13.1 Å². The highest BCUT2D eigenvalue weighted by molar-refractivity contribution is 7.88. The topological polar surface area (TPSA) is 69.7 Å². The van der Waals surface area contributed by atoms with E-state index in [2.05, 4.69) is 24.1 Å². The highest BCUT2D eigenvalue weighted by Crippen LogP contribution is 2.18. The number of amides is 1. The number of nitrogens with one attached hydrogen (secondary N) is 1. The Kier molecular flexibility index (Phi) is 5.55. The molecule has 0 aromatic heterocycles. The second-order valence-corrected chi connectivity index (χ2v) is 6.58. The largest absolute Gasteiger partial charge is 0.354 e. The summed E-state index contributed by atoms with van der Waals surface area (Å²) in [5.41, 5.74) is 0. The van der Waals surface area contributed by atoms with Crippen LogP contribution in [0.25, 0.3) is 0 Å². The molecule has 0 spiro atoms. The van der Waals surface area contributed by atoms with E-state index in [-0.39, 0.29) is 11.8 Å². The summed E-state index contributed by atoms with van der Waals surface area (Å²) in [4.78, 5) is 13.9. The third kappa shape index (κ3) is 4.22. The number of sulfonamides is 1. The van der Waals surface area contributed by atoms with Crippen molar-refractivity contribution in [1.29, 1.82) is 0 Å². The Hall–Kier alpha value is -0.660. The van der Waals surface area contributed by atoms with Gasteiger partial charge in [-0.1, -0.05) is 13.8 Å². The lowest BCUT2D eigenvalue weighted by Crippen LogP contribution is -2.55. The molecular formula is C11H23N3O3S. The van der Waals surface area contributed by atoms with Crippen LogP contribution < -0.4 is 5.32 Å². The smallest absolute Gasteiger partial charge is 0.225 e. The maximum absolute atomic E-state index is 11.7. The Morgan fingerprint density at radius 1 is 1.33 bits per heavy atom. The van der Waals surface area contributed by atoms with Gasteiger partial charge in [0.1, 0.15) is 0 Å². The number of likely N-dealkylation sites (N-methyl/N-ethyl adjacent to an activating group) is 1. The van der Waals surface area contributed by atoms with E-state index in [1.165, 1.54) is 10.6 Å². The van der Waals surface area contributed by atoms with E-state index in [1.54, 1.807) is 0 Å². The van der Waals surface area contributed by atoms with E-state index in [1.807, 2.05) is 0 Å². The molecule has 18 heavy (non-hydrogen) atoms. The van der Waals surface area contributed by atoms with Crippen LogP contribution in [-0.4, -0.2) is 69.1 Å². The molecule has 1 saturated heterocycles. The third-order valence-electron chi connectivity index (χ3n) is 3.31. The molecule has 0 atom stereocenters. The lowest BCUT2D eigenvalue weighted by atomic mass is 10.0. The standard InChI is InChI=1S/C11H23N3O3S/c1-4-13(5-2)7-6-12-11(15)10-8-14(9-10)18(3,16)17/h10H,4-9H2,1-3H3,(H,12,15).